The number of fused-ring (bicyclic) bond motifs is 1. The van der Waals surface area contributed by atoms with Crippen molar-refractivity contribution in [2.75, 3.05) is 33.7 Å². The van der Waals surface area contributed by atoms with Crippen molar-refractivity contribution < 1.29 is 18.9 Å². The van der Waals surface area contributed by atoms with Crippen LogP contribution in [0.15, 0.2) is 23.8 Å². The summed E-state index contributed by atoms with van der Waals surface area (Å²) in [4.78, 5) is 0. The van der Waals surface area contributed by atoms with Crippen LogP contribution in [0.1, 0.15) is 32.6 Å². The van der Waals surface area contributed by atoms with Crippen molar-refractivity contribution >= 4 is 0 Å². The van der Waals surface area contributed by atoms with Crippen LogP contribution in [0.3, 0.4) is 0 Å². The Morgan fingerprint density at radius 3 is 2.76 bits per heavy atom. The van der Waals surface area contributed by atoms with Crippen LogP contribution in [0, 0.1) is 11.3 Å². The minimum atomic E-state index is -0.543. The largest absolute Gasteiger partial charge is 0.359 e. The second-order valence-corrected chi connectivity index (χ2v) is 6.46. The maximum atomic E-state index is 6.02. The molecule has 1 saturated heterocycles. The highest BCUT2D eigenvalue weighted by Gasteiger charge is 2.53. The summed E-state index contributed by atoms with van der Waals surface area (Å²) in [6.07, 6.45) is 6.37. The van der Waals surface area contributed by atoms with Crippen LogP contribution in [0.5, 0.6) is 0 Å². The van der Waals surface area contributed by atoms with E-state index in [1.54, 1.807) is 7.11 Å². The van der Waals surface area contributed by atoms with Crippen LogP contribution in [0.25, 0.3) is 0 Å². The molecule has 1 heterocycles. The van der Waals surface area contributed by atoms with Crippen molar-refractivity contribution in [1.29, 1.82) is 0 Å². The Balaban J connectivity index is 1.95. The predicted octanol–water partition coefficient (Wildman–Crippen LogP) is 3.04. The quantitative estimate of drug-likeness (QED) is 0.444. The molecule has 0 radical (unpaired) electrons. The molecule has 3 aliphatic rings. The lowest BCUT2D eigenvalue weighted by molar-refractivity contribution is -0.153. The molecule has 2 aliphatic carbocycles. The Morgan fingerprint density at radius 2 is 2.10 bits per heavy atom. The van der Waals surface area contributed by atoms with E-state index < -0.39 is 5.79 Å². The minimum absolute atomic E-state index is 0.189. The molecule has 4 nitrogen and oxygen atoms in total. The summed E-state index contributed by atoms with van der Waals surface area (Å²) >= 11 is 0. The van der Waals surface area contributed by atoms with E-state index in [9.17, 15) is 0 Å². The van der Waals surface area contributed by atoms with Gasteiger partial charge in [0.25, 0.3) is 0 Å². The molecule has 0 aromatic heterocycles. The lowest BCUT2D eigenvalue weighted by Gasteiger charge is -2.44. The average molecular weight is 294 g/mol. The van der Waals surface area contributed by atoms with E-state index in [0.717, 1.165) is 19.3 Å². The summed E-state index contributed by atoms with van der Waals surface area (Å²) in [7, 11) is 1.64. The summed E-state index contributed by atoms with van der Waals surface area (Å²) in [5, 5.41) is 0. The fourth-order valence-corrected chi connectivity index (χ4v) is 4.34. The normalized spacial score (nSPS) is 34.5. The second-order valence-electron chi connectivity index (χ2n) is 6.46. The summed E-state index contributed by atoms with van der Waals surface area (Å²) < 4.78 is 22.7. The predicted molar refractivity (Wildman–Crippen MR) is 79.8 cm³/mol. The lowest BCUT2D eigenvalue weighted by atomic mass is 9.66. The van der Waals surface area contributed by atoms with Gasteiger partial charge >= 0.3 is 0 Å². The van der Waals surface area contributed by atoms with Gasteiger partial charge < -0.3 is 18.9 Å². The van der Waals surface area contributed by atoms with Crippen LogP contribution in [0.2, 0.25) is 0 Å². The van der Waals surface area contributed by atoms with Gasteiger partial charge in [-0.25, -0.2) is 0 Å². The molecule has 118 valence electrons. The highest BCUT2D eigenvalue weighted by atomic mass is 16.7. The third kappa shape index (κ3) is 2.38. The summed E-state index contributed by atoms with van der Waals surface area (Å²) in [5.41, 5.74) is 2.86. The van der Waals surface area contributed by atoms with Gasteiger partial charge in [0.05, 0.1) is 19.8 Å². The van der Waals surface area contributed by atoms with Crippen LogP contribution in [0.4, 0.5) is 0 Å². The monoisotopic (exact) mass is 294 g/mol. The second kappa shape index (κ2) is 5.84. The van der Waals surface area contributed by atoms with Crippen LogP contribution >= 0.6 is 0 Å². The molecule has 3 rings (SSSR count). The Labute approximate surface area is 127 Å². The van der Waals surface area contributed by atoms with E-state index >= 15 is 0 Å². The van der Waals surface area contributed by atoms with E-state index in [4.69, 9.17) is 18.9 Å². The van der Waals surface area contributed by atoms with Crippen molar-refractivity contribution in [2.24, 2.45) is 11.3 Å². The Bertz CT molecular complexity index is 436. The molecule has 4 heteroatoms. The zero-order valence-electron chi connectivity index (χ0n) is 13.2. The molecular formula is C17H26O4. The molecule has 0 bridgehead atoms. The molecule has 2 fully saturated rings. The Kier molecular flexibility index (Phi) is 4.23. The molecule has 0 unspecified atom stereocenters. The van der Waals surface area contributed by atoms with E-state index in [1.165, 1.54) is 17.6 Å². The van der Waals surface area contributed by atoms with Gasteiger partial charge in [0.2, 0.25) is 0 Å². The molecule has 1 spiro atoms. The third-order valence-corrected chi connectivity index (χ3v) is 5.50. The molecule has 1 saturated carbocycles. The van der Waals surface area contributed by atoms with Gasteiger partial charge in [0.15, 0.2) is 5.79 Å². The molecule has 1 aliphatic heterocycles. The fourth-order valence-electron chi connectivity index (χ4n) is 4.34. The standard InChI is InChI=1S/C17H26O4/c1-4-13-5-6-14-15(11-19-12-18-3)17(20-9-10-21-17)8-7-16(13,14)2/h4,13H,1,5-12H2,2-3H3/t13-,16+/m1/s1. The first-order valence-corrected chi connectivity index (χ1v) is 7.86. The van der Waals surface area contributed by atoms with Gasteiger partial charge in [0, 0.05) is 19.1 Å². The number of allylic oxidation sites excluding steroid dienone is 2. The highest BCUT2D eigenvalue weighted by molar-refractivity contribution is 5.36. The van der Waals surface area contributed by atoms with Crippen LogP contribution < -0.4 is 0 Å². The smallest absolute Gasteiger partial charge is 0.193 e. The number of rotatable bonds is 5. The topological polar surface area (TPSA) is 36.9 Å². The maximum Gasteiger partial charge on any atom is 0.193 e. The number of ether oxygens (including phenoxy) is 4. The van der Waals surface area contributed by atoms with E-state index in [1.807, 2.05) is 0 Å². The molecule has 0 aromatic rings. The first-order valence-electron chi connectivity index (χ1n) is 7.86. The summed E-state index contributed by atoms with van der Waals surface area (Å²) in [6.45, 7) is 8.56. The average Bonchev–Trinajstić information content (AvgIpc) is 3.08. The van der Waals surface area contributed by atoms with Crippen molar-refractivity contribution in [3.05, 3.63) is 23.8 Å². The molecule has 0 N–H and O–H groups in total. The van der Waals surface area contributed by atoms with Gasteiger partial charge in [-0.2, -0.15) is 0 Å². The number of hydrogen-bond acceptors (Lipinski definition) is 4. The summed E-state index contributed by atoms with van der Waals surface area (Å²) in [6, 6.07) is 0. The molecule has 2 atom stereocenters. The summed E-state index contributed by atoms with van der Waals surface area (Å²) in [5.74, 6) is 0.00206. The van der Waals surface area contributed by atoms with Gasteiger partial charge in [-0.3, -0.25) is 0 Å². The van der Waals surface area contributed by atoms with Crippen molar-refractivity contribution in [1.82, 2.24) is 0 Å². The number of methoxy groups -OCH3 is 1. The van der Waals surface area contributed by atoms with E-state index in [-0.39, 0.29) is 5.41 Å². The molecule has 0 aromatic carbocycles. The fraction of sp³-hybridized carbons (Fsp3) is 0.765. The molecular weight excluding hydrogens is 268 g/mol. The van der Waals surface area contributed by atoms with E-state index in [0.29, 0.717) is 32.5 Å². The zero-order valence-corrected chi connectivity index (χ0v) is 13.2. The number of hydrogen-bond donors (Lipinski definition) is 0. The minimum Gasteiger partial charge on any atom is -0.359 e. The van der Waals surface area contributed by atoms with Gasteiger partial charge in [0.1, 0.15) is 6.79 Å². The Morgan fingerprint density at radius 1 is 1.33 bits per heavy atom. The molecule has 21 heavy (non-hydrogen) atoms. The SMILES string of the molecule is C=C[C@@H]1CCC2=C(COCOC)C3(CC[C@]21C)OCCO3. The highest BCUT2D eigenvalue weighted by Crippen LogP contribution is 2.58. The van der Waals surface area contributed by atoms with E-state index in [2.05, 4.69) is 19.6 Å². The van der Waals surface area contributed by atoms with Crippen molar-refractivity contribution in [3.63, 3.8) is 0 Å². The first-order chi connectivity index (χ1) is 10.2. The lowest BCUT2D eigenvalue weighted by Crippen LogP contribution is -2.43. The molecule has 0 amide bonds. The van der Waals surface area contributed by atoms with Crippen LogP contribution in [-0.2, 0) is 18.9 Å². The van der Waals surface area contributed by atoms with Gasteiger partial charge in [-0.15, -0.1) is 6.58 Å². The Hall–Kier alpha value is -0.680. The van der Waals surface area contributed by atoms with Crippen LogP contribution in [-0.4, -0.2) is 39.5 Å². The first kappa shape index (κ1) is 15.2. The third-order valence-electron chi connectivity index (χ3n) is 5.50. The van der Waals surface area contributed by atoms with Crippen molar-refractivity contribution in [3.8, 4) is 0 Å². The van der Waals surface area contributed by atoms with Gasteiger partial charge in [-0.1, -0.05) is 18.6 Å². The van der Waals surface area contributed by atoms with Gasteiger partial charge in [-0.05, 0) is 30.6 Å². The maximum absolute atomic E-state index is 6.02. The zero-order chi connectivity index (χ0) is 14.9. The van der Waals surface area contributed by atoms with Crippen molar-refractivity contribution in [2.45, 2.75) is 38.4 Å².